The molecule has 0 atom stereocenters. The fourth-order valence-electron chi connectivity index (χ4n) is 1.60. The van der Waals surface area contributed by atoms with E-state index in [9.17, 15) is 8.78 Å². The lowest BCUT2D eigenvalue weighted by Gasteiger charge is -2.08. The van der Waals surface area contributed by atoms with Crippen LogP contribution in [0.5, 0.6) is 0 Å². The highest BCUT2D eigenvalue weighted by molar-refractivity contribution is 9.10. The summed E-state index contributed by atoms with van der Waals surface area (Å²) in [4.78, 5) is 0. The number of hydrogen-bond donors (Lipinski definition) is 1. The number of nitrogens with zero attached hydrogens (tertiary/aromatic N) is 4. The molecule has 8 heteroatoms. The Morgan fingerprint density at radius 3 is 2.84 bits per heavy atom. The standard InChI is InChI=1S/C11H12BrF2N5/c1-2-3-15-6-10-16-17-18-19(10)11-8(12)4-7(13)5-9(11)14/h4-5,15H,2-3,6H2,1H3. The SMILES string of the molecule is CCCNCc1nnnn1-c1c(F)cc(F)cc1Br. The van der Waals surface area contributed by atoms with Crippen LogP contribution in [-0.4, -0.2) is 26.8 Å². The van der Waals surface area contributed by atoms with E-state index in [-0.39, 0.29) is 10.2 Å². The molecule has 0 radical (unpaired) electrons. The summed E-state index contributed by atoms with van der Waals surface area (Å²) in [6, 6.07) is 1.97. The lowest BCUT2D eigenvalue weighted by molar-refractivity contribution is 0.562. The Kier molecular flexibility index (Phi) is 4.54. The van der Waals surface area contributed by atoms with Gasteiger partial charge in [-0.3, -0.25) is 0 Å². The quantitative estimate of drug-likeness (QED) is 0.853. The van der Waals surface area contributed by atoms with E-state index in [0.717, 1.165) is 19.0 Å². The Labute approximate surface area is 117 Å². The third kappa shape index (κ3) is 3.13. The Hall–Kier alpha value is -1.41. The highest BCUT2D eigenvalue weighted by atomic mass is 79.9. The molecular weight excluding hydrogens is 320 g/mol. The first-order chi connectivity index (χ1) is 9.13. The predicted molar refractivity (Wildman–Crippen MR) is 68.8 cm³/mol. The number of tetrazole rings is 1. The Morgan fingerprint density at radius 2 is 2.16 bits per heavy atom. The summed E-state index contributed by atoms with van der Waals surface area (Å²) in [5, 5.41) is 14.2. The molecule has 0 aliphatic carbocycles. The zero-order valence-corrected chi connectivity index (χ0v) is 11.8. The zero-order valence-electron chi connectivity index (χ0n) is 10.2. The van der Waals surface area contributed by atoms with Crippen molar-refractivity contribution in [2.24, 2.45) is 0 Å². The molecule has 5 nitrogen and oxygen atoms in total. The molecule has 102 valence electrons. The van der Waals surface area contributed by atoms with Crippen LogP contribution >= 0.6 is 15.9 Å². The smallest absolute Gasteiger partial charge is 0.170 e. The van der Waals surface area contributed by atoms with Gasteiger partial charge in [-0.05, 0) is 45.4 Å². The average molecular weight is 332 g/mol. The van der Waals surface area contributed by atoms with Gasteiger partial charge in [-0.1, -0.05) is 6.92 Å². The highest BCUT2D eigenvalue weighted by Gasteiger charge is 2.16. The molecule has 2 rings (SSSR count). The molecule has 0 bridgehead atoms. The highest BCUT2D eigenvalue weighted by Crippen LogP contribution is 2.25. The number of aromatic nitrogens is 4. The topological polar surface area (TPSA) is 55.6 Å². The Balaban J connectivity index is 2.35. The summed E-state index contributed by atoms with van der Waals surface area (Å²) in [6.07, 6.45) is 0.968. The zero-order chi connectivity index (χ0) is 13.8. The molecule has 0 unspecified atom stereocenters. The van der Waals surface area contributed by atoms with Crippen LogP contribution in [0.25, 0.3) is 5.69 Å². The molecule has 2 aromatic rings. The van der Waals surface area contributed by atoms with Crippen LogP contribution in [0.3, 0.4) is 0 Å². The predicted octanol–water partition coefficient (Wildman–Crippen LogP) is 2.20. The molecule has 0 spiro atoms. The molecule has 0 saturated carbocycles. The van der Waals surface area contributed by atoms with Crippen LogP contribution in [0.4, 0.5) is 8.78 Å². The molecule has 1 aromatic carbocycles. The van der Waals surface area contributed by atoms with Crippen molar-refractivity contribution in [1.82, 2.24) is 25.5 Å². The van der Waals surface area contributed by atoms with Gasteiger partial charge in [0.05, 0.1) is 6.54 Å². The van der Waals surface area contributed by atoms with E-state index < -0.39 is 11.6 Å². The first-order valence-corrected chi connectivity index (χ1v) is 6.55. The third-order valence-corrected chi connectivity index (χ3v) is 3.04. The molecule has 0 fully saturated rings. The number of nitrogens with one attached hydrogen (secondary N) is 1. The summed E-state index contributed by atoms with van der Waals surface area (Å²) >= 11 is 3.12. The first-order valence-electron chi connectivity index (χ1n) is 5.76. The van der Waals surface area contributed by atoms with E-state index in [0.29, 0.717) is 12.4 Å². The Morgan fingerprint density at radius 1 is 1.37 bits per heavy atom. The van der Waals surface area contributed by atoms with Crippen LogP contribution in [0, 0.1) is 11.6 Å². The molecule has 0 aliphatic heterocycles. The minimum atomic E-state index is -0.726. The van der Waals surface area contributed by atoms with Gasteiger partial charge in [0.15, 0.2) is 11.6 Å². The van der Waals surface area contributed by atoms with Gasteiger partial charge in [0.25, 0.3) is 0 Å². The van der Waals surface area contributed by atoms with Gasteiger partial charge < -0.3 is 5.32 Å². The van der Waals surface area contributed by atoms with Crippen molar-refractivity contribution < 1.29 is 8.78 Å². The lowest BCUT2D eigenvalue weighted by Crippen LogP contribution is -2.18. The van der Waals surface area contributed by atoms with Crippen LogP contribution in [0.1, 0.15) is 19.2 Å². The van der Waals surface area contributed by atoms with Gasteiger partial charge in [-0.15, -0.1) is 5.10 Å². The van der Waals surface area contributed by atoms with E-state index in [1.807, 2.05) is 6.92 Å². The normalized spacial score (nSPS) is 10.9. The minimum Gasteiger partial charge on any atom is -0.310 e. The van der Waals surface area contributed by atoms with E-state index in [1.165, 1.54) is 10.7 Å². The second-order valence-electron chi connectivity index (χ2n) is 3.90. The van der Waals surface area contributed by atoms with Crippen LogP contribution in [0.2, 0.25) is 0 Å². The second-order valence-corrected chi connectivity index (χ2v) is 4.76. The second kappa shape index (κ2) is 6.16. The molecule has 19 heavy (non-hydrogen) atoms. The van der Waals surface area contributed by atoms with E-state index >= 15 is 0 Å². The number of rotatable bonds is 5. The van der Waals surface area contributed by atoms with Crippen molar-refractivity contribution >= 4 is 15.9 Å². The van der Waals surface area contributed by atoms with Crippen molar-refractivity contribution in [3.63, 3.8) is 0 Å². The van der Waals surface area contributed by atoms with Crippen molar-refractivity contribution in [1.29, 1.82) is 0 Å². The van der Waals surface area contributed by atoms with E-state index in [2.05, 4.69) is 36.8 Å². The third-order valence-electron chi connectivity index (χ3n) is 2.44. The van der Waals surface area contributed by atoms with Crippen molar-refractivity contribution in [2.45, 2.75) is 19.9 Å². The number of halogens is 3. The maximum absolute atomic E-state index is 13.8. The monoisotopic (exact) mass is 331 g/mol. The summed E-state index contributed by atoms with van der Waals surface area (Å²) in [5.41, 5.74) is 0.0969. The molecule has 0 aliphatic rings. The minimum absolute atomic E-state index is 0.0969. The van der Waals surface area contributed by atoms with Gasteiger partial charge in [0.2, 0.25) is 0 Å². The van der Waals surface area contributed by atoms with Gasteiger partial charge in [-0.2, -0.15) is 4.68 Å². The number of hydrogen-bond acceptors (Lipinski definition) is 4. The van der Waals surface area contributed by atoms with Crippen LogP contribution in [-0.2, 0) is 6.54 Å². The summed E-state index contributed by atoms with van der Waals surface area (Å²) < 4.78 is 28.4. The molecular formula is C11H12BrF2N5. The molecule has 1 aromatic heterocycles. The molecule has 0 amide bonds. The van der Waals surface area contributed by atoms with Gasteiger partial charge >= 0.3 is 0 Å². The van der Waals surface area contributed by atoms with Gasteiger partial charge in [-0.25, -0.2) is 8.78 Å². The van der Waals surface area contributed by atoms with Gasteiger partial charge in [0, 0.05) is 10.5 Å². The molecule has 0 saturated heterocycles. The van der Waals surface area contributed by atoms with Crippen molar-refractivity contribution in [3.05, 3.63) is 34.1 Å². The summed E-state index contributed by atoms with van der Waals surface area (Å²) in [5.74, 6) is -0.928. The van der Waals surface area contributed by atoms with Crippen molar-refractivity contribution in [2.75, 3.05) is 6.54 Å². The molecule has 1 N–H and O–H groups in total. The maximum Gasteiger partial charge on any atom is 0.170 e. The lowest BCUT2D eigenvalue weighted by atomic mass is 10.3. The fourth-order valence-corrected chi connectivity index (χ4v) is 2.18. The number of benzene rings is 1. The largest absolute Gasteiger partial charge is 0.310 e. The summed E-state index contributed by atoms with van der Waals surface area (Å²) in [6.45, 7) is 3.25. The van der Waals surface area contributed by atoms with Crippen LogP contribution < -0.4 is 5.32 Å². The first kappa shape index (κ1) is 14.0. The van der Waals surface area contributed by atoms with Crippen LogP contribution in [0.15, 0.2) is 16.6 Å². The van der Waals surface area contributed by atoms with Crippen molar-refractivity contribution in [3.8, 4) is 5.69 Å². The molecule has 1 heterocycles. The van der Waals surface area contributed by atoms with Gasteiger partial charge in [0.1, 0.15) is 11.5 Å². The maximum atomic E-state index is 13.8. The fraction of sp³-hybridized carbons (Fsp3) is 0.364. The van der Waals surface area contributed by atoms with E-state index in [4.69, 9.17) is 0 Å². The Bertz CT molecular complexity index is 549. The summed E-state index contributed by atoms with van der Waals surface area (Å²) in [7, 11) is 0. The average Bonchev–Trinajstić information content (AvgIpc) is 2.76. The van der Waals surface area contributed by atoms with E-state index in [1.54, 1.807) is 0 Å².